The Labute approximate surface area is 115 Å². The minimum absolute atomic E-state index is 0.172. The van der Waals surface area contributed by atoms with Gasteiger partial charge < -0.3 is 5.32 Å². The van der Waals surface area contributed by atoms with Crippen molar-refractivity contribution in [1.82, 2.24) is 5.43 Å². The Morgan fingerprint density at radius 2 is 2.37 bits per heavy atom. The number of nitrogens with one attached hydrogen (secondary N) is 2. The fourth-order valence-corrected chi connectivity index (χ4v) is 2.65. The van der Waals surface area contributed by atoms with Crippen molar-refractivity contribution in [2.24, 2.45) is 5.10 Å². The minimum Gasteiger partial charge on any atom is -0.384 e. The van der Waals surface area contributed by atoms with Crippen LogP contribution in [0.3, 0.4) is 0 Å². The molecule has 2 N–H and O–H groups in total. The van der Waals surface area contributed by atoms with Crippen molar-refractivity contribution < 1.29 is 4.79 Å². The highest BCUT2D eigenvalue weighted by molar-refractivity contribution is 7.12. The van der Waals surface area contributed by atoms with Gasteiger partial charge in [0.1, 0.15) is 0 Å². The first-order valence-electron chi connectivity index (χ1n) is 6.06. The molecule has 1 aliphatic rings. The van der Waals surface area contributed by atoms with E-state index in [9.17, 15) is 4.79 Å². The van der Waals surface area contributed by atoms with E-state index in [0.717, 1.165) is 18.5 Å². The van der Waals surface area contributed by atoms with Crippen LogP contribution in [0, 0.1) is 0 Å². The van der Waals surface area contributed by atoms with Crippen LogP contribution in [-0.2, 0) is 6.42 Å². The van der Waals surface area contributed by atoms with Gasteiger partial charge >= 0.3 is 0 Å². The summed E-state index contributed by atoms with van der Waals surface area (Å²) in [5.74, 6) is -0.172. The van der Waals surface area contributed by atoms with E-state index in [2.05, 4.69) is 21.9 Å². The van der Waals surface area contributed by atoms with Crippen molar-refractivity contribution in [2.45, 2.75) is 6.42 Å². The normalized spacial score (nSPS) is 13.3. The molecule has 0 bridgehead atoms. The average Bonchev–Trinajstić information content (AvgIpc) is 3.09. The van der Waals surface area contributed by atoms with Crippen LogP contribution in [0.15, 0.2) is 40.8 Å². The summed E-state index contributed by atoms with van der Waals surface area (Å²) >= 11 is 1.40. The van der Waals surface area contributed by atoms with Gasteiger partial charge in [0.15, 0.2) is 0 Å². The molecule has 3 rings (SSSR count). The second kappa shape index (κ2) is 5.24. The van der Waals surface area contributed by atoms with E-state index >= 15 is 0 Å². The number of hydrogen-bond donors (Lipinski definition) is 2. The summed E-state index contributed by atoms with van der Waals surface area (Å²) in [6.07, 6.45) is 2.71. The lowest BCUT2D eigenvalue weighted by Crippen LogP contribution is -2.16. The van der Waals surface area contributed by atoms with E-state index in [0.29, 0.717) is 4.88 Å². The summed E-state index contributed by atoms with van der Waals surface area (Å²) in [6.45, 7) is 0.991. The predicted molar refractivity (Wildman–Crippen MR) is 78.0 cm³/mol. The van der Waals surface area contributed by atoms with Crippen molar-refractivity contribution in [3.63, 3.8) is 0 Å². The highest BCUT2D eigenvalue weighted by Crippen LogP contribution is 2.22. The van der Waals surface area contributed by atoms with Crippen LogP contribution in [0.4, 0.5) is 5.69 Å². The van der Waals surface area contributed by atoms with Gasteiger partial charge in [0.2, 0.25) is 0 Å². The third-order valence-corrected chi connectivity index (χ3v) is 3.83. The maximum absolute atomic E-state index is 11.7. The zero-order valence-corrected chi connectivity index (χ0v) is 11.0. The summed E-state index contributed by atoms with van der Waals surface area (Å²) in [4.78, 5) is 12.3. The third-order valence-electron chi connectivity index (χ3n) is 2.96. The number of hydrogen-bond acceptors (Lipinski definition) is 4. The van der Waals surface area contributed by atoms with Crippen molar-refractivity contribution in [1.29, 1.82) is 0 Å². The van der Waals surface area contributed by atoms with Gasteiger partial charge in [-0.2, -0.15) is 5.10 Å². The van der Waals surface area contributed by atoms with E-state index < -0.39 is 0 Å². The number of anilines is 1. The fourth-order valence-electron chi connectivity index (χ4n) is 2.03. The van der Waals surface area contributed by atoms with Gasteiger partial charge in [-0.05, 0) is 41.1 Å². The summed E-state index contributed by atoms with van der Waals surface area (Å²) in [7, 11) is 0. The molecule has 1 amide bonds. The lowest BCUT2D eigenvalue weighted by Gasteiger charge is -2.00. The van der Waals surface area contributed by atoms with Gasteiger partial charge in [-0.3, -0.25) is 4.79 Å². The van der Waals surface area contributed by atoms with Crippen LogP contribution in [0.2, 0.25) is 0 Å². The molecule has 0 atom stereocenters. The van der Waals surface area contributed by atoms with Crippen molar-refractivity contribution in [2.75, 3.05) is 11.9 Å². The van der Waals surface area contributed by atoms with Gasteiger partial charge in [0.05, 0.1) is 11.1 Å². The summed E-state index contributed by atoms with van der Waals surface area (Å²) < 4.78 is 0. The second-order valence-electron chi connectivity index (χ2n) is 4.27. The lowest BCUT2D eigenvalue weighted by atomic mass is 10.1. The molecule has 0 fully saturated rings. The molecular weight excluding hydrogens is 258 g/mol. The number of carbonyl (C=O) groups excluding carboxylic acids is 1. The molecule has 2 aromatic rings. The van der Waals surface area contributed by atoms with Crippen LogP contribution in [0.25, 0.3) is 0 Å². The number of hydrazone groups is 1. The van der Waals surface area contributed by atoms with Crippen LogP contribution < -0.4 is 10.7 Å². The molecule has 1 aromatic heterocycles. The van der Waals surface area contributed by atoms with Crippen LogP contribution in [0.1, 0.15) is 20.8 Å². The molecule has 5 heteroatoms. The monoisotopic (exact) mass is 271 g/mol. The minimum atomic E-state index is -0.172. The Balaban J connectivity index is 1.65. The number of fused-ring (bicyclic) bond motifs is 1. The highest BCUT2D eigenvalue weighted by atomic mass is 32.1. The largest absolute Gasteiger partial charge is 0.384 e. The van der Waals surface area contributed by atoms with Gasteiger partial charge in [-0.1, -0.05) is 12.1 Å². The molecule has 19 heavy (non-hydrogen) atoms. The maximum atomic E-state index is 11.7. The fraction of sp³-hybridized carbons (Fsp3) is 0.143. The van der Waals surface area contributed by atoms with Gasteiger partial charge in [0.25, 0.3) is 5.91 Å². The summed E-state index contributed by atoms with van der Waals surface area (Å²) in [6, 6.07) is 9.74. The molecule has 0 radical (unpaired) electrons. The molecule has 96 valence electrons. The topological polar surface area (TPSA) is 53.5 Å². The number of rotatable bonds is 3. The smallest absolute Gasteiger partial charge is 0.281 e. The van der Waals surface area contributed by atoms with Gasteiger partial charge in [-0.25, -0.2) is 5.43 Å². The Kier molecular flexibility index (Phi) is 3.29. The predicted octanol–water partition coefficient (Wildman–Crippen LogP) is 2.48. The average molecular weight is 271 g/mol. The molecule has 1 aromatic carbocycles. The van der Waals surface area contributed by atoms with Crippen molar-refractivity contribution in [3.8, 4) is 0 Å². The Hall–Kier alpha value is -2.14. The molecule has 1 aliphatic heterocycles. The maximum Gasteiger partial charge on any atom is 0.281 e. The molecule has 0 spiro atoms. The number of benzene rings is 1. The quantitative estimate of drug-likeness (QED) is 0.665. The Morgan fingerprint density at radius 3 is 3.21 bits per heavy atom. The number of amides is 1. The van der Waals surface area contributed by atoms with Crippen molar-refractivity contribution in [3.05, 3.63) is 51.7 Å². The van der Waals surface area contributed by atoms with E-state index in [1.165, 1.54) is 22.6 Å². The SMILES string of the molecule is O=C(N/N=C\c1ccc2c(c1)CCN2)c1cccs1. The molecule has 0 saturated heterocycles. The van der Waals surface area contributed by atoms with Gasteiger partial charge in [-0.15, -0.1) is 11.3 Å². The number of carbonyl (C=O) groups is 1. The molecule has 0 aliphatic carbocycles. The van der Waals surface area contributed by atoms with Crippen molar-refractivity contribution >= 4 is 29.1 Å². The van der Waals surface area contributed by atoms with Crippen LogP contribution in [-0.4, -0.2) is 18.7 Å². The molecule has 4 nitrogen and oxygen atoms in total. The van der Waals surface area contributed by atoms with E-state index in [4.69, 9.17) is 0 Å². The van der Waals surface area contributed by atoms with Crippen LogP contribution in [0.5, 0.6) is 0 Å². The second-order valence-corrected chi connectivity index (χ2v) is 5.22. The summed E-state index contributed by atoms with van der Waals surface area (Å²) in [5, 5.41) is 9.16. The molecule has 0 saturated carbocycles. The van der Waals surface area contributed by atoms with Crippen LogP contribution >= 0.6 is 11.3 Å². The number of thiophene rings is 1. The lowest BCUT2D eigenvalue weighted by molar-refractivity contribution is 0.0959. The number of nitrogens with zero attached hydrogens (tertiary/aromatic N) is 1. The Bertz CT molecular complexity index is 620. The third kappa shape index (κ3) is 2.66. The molecule has 0 unspecified atom stereocenters. The molecule has 2 heterocycles. The highest BCUT2D eigenvalue weighted by Gasteiger charge is 2.09. The first-order chi connectivity index (χ1) is 9.33. The van der Waals surface area contributed by atoms with E-state index in [1.54, 1.807) is 12.3 Å². The first kappa shape index (κ1) is 11.9. The summed E-state index contributed by atoms with van der Waals surface area (Å²) in [5.41, 5.74) is 6.01. The zero-order chi connectivity index (χ0) is 13.1. The van der Waals surface area contributed by atoms with E-state index in [-0.39, 0.29) is 5.91 Å². The zero-order valence-electron chi connectivity index (χ0n) is 10.2. The van der Waals surface area contributed by atoms with Gasteiger partial charge in [0, 0.05) is 12.2 Å². The van der Waals surface area contributed by atoms with E-state index in [1.807, 2.05) is 23.6 Å². The standard InChI is InChI=1S/C14H13N3OS/c18-14(13-2-1-7-19-13)17-16-9-10-3-4-12-11(8-10)5-6-15-12/h1-4,7-9,15H,5-6H2,(H,17,18)/b16-9-. The first-order valence-corrected chi connectivity index (χ1v) is 6.94. The molecular formula is C14H13N3OS. The Morgan fingerprint density at radius 1 is 1.42 bits per heavy atom.